The van der Waals surface area contributed by atoms with E-state index < -0.39 is 6.04 Å². The van der Waals surface area contributed by atoms with Crippen molar-refractivity contribution < 1.29 is 14.3 Å². The third kappa shape index (κ3) is 7.59. The zero-order valence-corrected chi connectivity index (χ0v) is 21.3. The molecule has 0 fully saturated rings. The fourth-order valence-electron chi connectivity index (χ4n) is 3.91. The molecule has 0 aromatic heterocycles. The number of amides is 2. The first-order valence-corrected chi connectivity index (χ1v) is 12.3. The maximum Gasteiger partial charge on any atom is 0.261 e. The number of halogens is 1. The lowest BCUT2D eigenvalue weighted by atomic mass is 10.0. The van der Waals surface area contributed by atoms with Gasteiger partial charge < -0.3 is 15.0 Å². The van der Waals surface area contributed by atoms with Gasteiger partial charge in [0.05, 0.1) is 0 Å². The molecule has 6 heteroatoms. The van der Waals surface area contributed by atoms with Crippen LogP contribution in [-0.2, 0) is 22.6 Å². The van der Waals surface area contributed by atoms with E-state index in [-0.39, 0.29) is 25.0 Å². The van der Waals surface area contributed by atoms with Crippen LogP contribution >= 0.6 is 11.6 Å². The molecule has 2 amide bonds. The Kier molecular flexibility index (Phi) is 9.74. The van der Waals surface area contributed by atoms with Crippen molar-refractivity contribution in [1.82, 2.24) is 10.2 Å². The van der Waals surface area contributed by atoms with Gasteiger partial charge >= 0.3 is 0 Å². The zero-order valence-electron chi connectivity index (χ0n) is 20.6. The molecule has 0 unspecified atom stereocenters. The number of ether oxygens (including phenoxy) is 1. The Bertz CT molecular complexity index is 1130. The molecule has 0 aliphatic carbocycles. The van der Waals surface area contributed by atoms with Gasteiger partial charge in [-0.2, -0.15) is 0 Å². The highest BCUT2D eigenvalue weighted by molar-refractivity contribution is 6.31. The second kappa shape index (κ2) is 13.0. The largest absolute Gasteiger partial charge is 0.483 e. The number of nitrogens with zero attached hydrogens (tertiary/aromatic N) is 1. The SMILES string of the molecule is CCCNC(=O)[C@@H](Cc1ccccc1)N(Cc1ccccc1Cl)C(=O)COc1ccc(C)cc1C. The summed E-state index contributed by atoms with van der Waals surface area (Å²) in [5.74, 6) is 0.178. The van der Waals surface area contributed by atoms with E-state index in [1.54, 1.807) is 11.0 Å². The van der Waals surface area contributed by atoms with Gasteiger partial charge in [0, 0.05) is 24.5 Å². The monoisotopic (exact) mass is 492 g/mol. The minimum atomic E-state index is -0.713. The van der Waals surface area contributed by atoms with Crippen molar-refractivity contribution in [2.24, 2.45) is 0 Å². The topological polar surface area (TPSA) is 58.6 Å². The van der Waals surface area contributed by atoms with E-state index in [4.69, 9.17) is 16.3 Å². The first-order valence-electron chi connectivity index (χ1n) is 11.9. The Morgan fingerprint density at radius 1 is 1.00 bits per heavy atom. The van der Waals surface area contributed by atoms with Crippen LogP contribution in [0.2, 0.25) is 5.02 Å². The molecule has 184 valence electrons. The number of rotatable bonds is 11. The molecule has 5 nitrogen and oxygen atoms in total. The molecule has 0 aliphatic rings. The van der Waals surface area contributed by atoms with Gasteiger partial charge in [-0.25, -0.2) is 0 Å². The summed E-state index contributed by atoms with van der Waals surface area (Å²) in [6, 6.07) is 22.2. The molecular formula is C29H33ClN2O3. The van der Waals surface area contributed by atoms with Crippen LogP contribution in [0.15, 0.2) is 72.8 Å². The third-order valence-corrected chi connectivity index (χ3v) is 6.17. The molecule has 0 saturated heterocycles. The minimum absolute atomic E-state index is 0.180. The Labute approximate surface area is 213 Å². The van der Waals surface area contributed by atoms with Crippen LogP contribution in [-0.4, -0.2) is 35.9 Å². The molecule has 3 rings (SSSR count). The van der Waals surface area contributed by atoms with Crippen LogP contribution in [0.25, 0.3) is 0 Å². The minimum Gasteiger partial charge on any atom is -0.483 e. The fourth-order valence-corrected chi connectivity index (χ4v) is 4.11. The molecule has 3 aromatic carbocycles. The number of carbonyl (C=O) groups excluding carboxylic acids is 2. The maximum absolute atomic E-state index is 13.6. The van der Waals surface area contributed by atoms with Gasteiger partial charge in [-0.05, 0) is 49.1 Å². The molecule has 0 saturated carbocycles. The van der Waals surface area contributed by atoms with Gasteiger partial charge in [0.15, 0.2) is 6.61 Å². The summed E-state index contributed by atoms with van der Waals surface area (Å²) in [5, 5.41) is 3.52. The van der Waals surface area contributed by atoms with E-state index in [1.807, 2.05) is 87.5 Å². The predicted molar refractivity (Wildman–Crippen MR) is 141 cm³/mol. The smallest absolute Gasteiger partial charge is 0.261 e. The summed E-state index contributed by atoms with van der Waals surface area (Å²) < 4.78 is 5.91. The molecule has 1 atom stereocenters. The van der Waals surface area contributed by atoms with Crippen molar-refractivity contribution in [3.05, 3.63) is 100 Å². The first kappa shape index (κ1) is 26.3. The highest BCUT2D eigenvalue weighted by Gasteiger charge is 2.31. The Balaban J connectivity index is 1.91. The van der Waals surface area contributed by atoms with E-state index in [1.165, 1.54) is 0 Å². The van der Waals surface area contributed by atoms with Gasteiger partial charge in [0.2, 0.25) is 5.91 Å². The molecule has 0 radical (unpaired) electrons. The van der Waals surface area contributed by atoms with Gasteiger partial charge in [-0.15, -0.1) is 0 Å². The molecule has 0 aliphatic heterocycles. The first-order chi connectivity index (χ1) is 16.9. The lowest BCUT2D eigenvalue weighted by Crippen LogP contribution is -2.51. The van der Waals surface area contributed by atoms with Crippen LogP contribution in [0, 0.1) is 13.8 Å². The van der Waals surface area contributed by atoms with Crippen LogP contribution in [0.5, 0.6) is 5.75 Å². The molecule has 0 spiro atoms. The summed E-state index contributed by atoms with van der Waals surface area (Å²) in [6.07, 6.45) is 1.19. The van der Waals surface area contributed by atoms with Gasteiger partial charge in [-0.3, -0.25) is 9.59 Å². The van der Waals surface area contributed by atoms with Crippen molar-refractivity contribution in [1.29, 1.82) is 0 Å². The lowest BCUT2D eigenvalue weighted by molar-refractivity contribution is -0.142. The van der Waals surface area contributed by atoms with Crippen LogP contribution in [0.1, 0.15) is 35.6 Å². The second-order valence-corrected chi connectivity index (χ2v) is 9.07. The molecule has 3 aromatic rings. The highest BCUT2D eigenvalue weighted by Crippen LogP contribution is 2.22. The molecule has 1 N–H and O–H groups in total. The third-order valence-electron chi connectivity index (χ3n) is 5.80. The standard InChI is InChI=1S/C29H33ClN2O3/c1-4-16-31-29(34)26(18-23-10-6-5-7-11-23)32(19-24-12-8-9-13-25(24)30)28(33)20-35-27-15-14-21(2)17-22(27)3/h5-15,17,26H,4,16,18-20H2,1-3H3,(H,31,34)/t26-/m1/s1. The lowest BCUT2D eigenvalue weighted by Gasteiger charge is -2.31. The van der Waals surface area contributed by atoms with E-state index in [0.29, 0.717) is 23.7 Å². The van der Waals surface area contributed by atoms with Crippen LogP contribution < -0.4 is 10.1 Å². The molecular weight excluding hydrogens is 460 g/mol. The predicted octanol–water partition coefficient (Wildman–Crippen LogP) is 5.50. The molecule has 0 bridgehead atoms. The van der Waals surface area contributed by atoms with E-state index in [9.17, 15) is 9.59 Å². The van der Waals surface area contributed by atoms with Crippen molar-refractivity contribution >= 4 is 23.4 Å². The van der Waals surface area contributed by atoms with Crippen LogP contribution in [0.4, 0.5) is 0 Å². The van der Waals surface area contributed by atoms with Crippen LogP contribution in [0.3, 0.4) is 0 Å². The number of aryl methyl sites for hydroxylation is 2. The number of nitrogens with one attached hydrogen (secondary N) is 1. The van der Waals surface area contributed by atoms with Crippen molar-refractivity contribution in [3.63, 3.8) is 0 Å². The zero-order chi connectivity index (χ0) is 25.2. The van der Waals surface area contributed by atoms with Gasteiger partial charge in [-0.1, -0.05) is 84.8 Å². The quantitative estimate of drug-likeness (QED) is 0.384. The number of hydrogen-bond acceptors (Lipinski definition) is 3. The Hall–Kier alpha value is -3.31. The maximum atomic E-state index is 13.6. The summed E-state index contributed by atoms with van der Waals surface area (Å²) in [6.45, 7) is 6.52. The van der Waals surface area contributed by atoms with E-state index >= 15 is 0 Å². The molecule has 0 heterocycles. The van der Waals surface area contributed by atoms with E-state index in [0.717, 1.165) is 28.7 Å². The number of benzene rings is 3. The highest BCUT2D eigenvalue weighted by atomic mass is 35.5. The average molecular weight is 493 g/mol. The second-order valence-electron chi connectivity index (χ2n) is 8.67. The summed E-state index contributed by atoms with van der Waals surface area (Å²) in [4.78, 5) is 28.5. The Morgan fingerprint density at radius 2 is 1.71 bits per heavy atom. The summed E-state index contributed by atoms with van der Waals surface area (Å²) >= 11 is 6.44. The summed E-state index contributed by atoms with van der Waals surface area (Å²) in [7, 11) is 0. The molecule has 35 heavy (non-hydrogen) atoms. The fraction of sp³-hybridized carbons (Fsp3) is 0.310. The average Bonchev–Trinajstić information content (AvgIpc) is 2.85. The van der Waals surface area contributed by atoms with Crippen molar-refractivity contribution in [2.75, 3.05) is 13.2 Å². The number of carbonyl (C=O) groups is 2. The van der Waals surface area contributed by atoms with Crippen molar-refractivity contribution in [3.8, 4) is 5.75 Å². The summed E-state index contributed by atoms with van der Waals surface area (Å²) in [5.41, 5.74) is 3.82. The van der Waals surface area contributed by atoms with Gasteiger partial charge in [0.25, 0.3) is 5.91 Å². The number of hydrogen-bond donors (Lipinski definition) is 1. The Morgan fingerprint density at radius 3 is 2.40 bits per heavy atom. The normalized spacial score (nSPS) is 11.5. The van der Waals surface area contributed by atoms with Crippen molar-refractivity contribution in [2.45, 2.75) is 46.2 Å². The van der Waals surface area contributed by atoms with E-state index in [2.05, 4.69) is 5.32 Å². The van der Waals surface area contributed by atoms with Gasteiger partial charge in [0.1, 0.15) is 11.8 Å².